The summed E-state index contributed by atoms with van der Waals surface area (Å²) in [5.74, 6) is 0.672. The number of amides is 1. The predicted molar refractivity (Wildman–Crippen MR) is 97.0 cm³/mol. The summed E-state index contributed by atoms with van der Waals surface area (Å²) in [4.78, 5) is 14.6. The summed E-state index contributed by atoms with van der Waals surface area (Å²) < 4.78 is 5.44. The molecule has 2 aliphatic rings. The third kappa shape index (κ3) is 5.33. The fourth-order valence-electron chi connectivity index (χ4n) is 3.35. The van der Waals surface area contributed by atoms with Gasteiger partial charge in [0.15, 0.2) is 0 Å². The Morgan fingerprint density at radius 3 is 2.67 bits per heavy atom. The number of likely N-dealkylation sites (tertiary alicyclic amines) is 1. The van der Waals surface area contributed by atoms with Gasteiger partial charge >= 0.3 is 0 Å². The van der Waals surface area contributed by atoms with Crippen LogP contribution in [0.25, 0.3) is 6.08 Å². The van der Waals surface area contributed by atoms with Crippen molar-refractivity contribution in [1.29, 1.82) is 0 Å². The van der Waals surface area contributed by atoms with Crippen molar-refractivity contribution in [2.45, 2.75) is 25.3 Å². The Morgan fingerprint density at radius 1 is 1.25 bits per heavy atom. The fraction of sp³-hybridized carbons (Fsp3) is 0.526. The van der Waals surface area contributed by atoms with E-state index < -0.39 is 0 Å². The number of hydrogen-bond acceptors (Lipinski definition) is 3. The van der Waals surface area contributed by atoms with E-state index in [1.807, 2.05) is 30.3 Å². The second-order valence-corrected chi connectivity index (χ2v) is 7.13. The van der Waals surface area contributed by atoms with Crippen LogP contribution in [-0.2, 0) is 9.53 Å². The van der Waals surface area contributed by atoms with Crippen LogP contribution in [-0.4, -0.2) is 49.7 Å². The summed E-state index contributed by atoms with van der Waals surface area (Å²) in [6.45, 7) is 5.07. The summed E-state index contributed by atoms with van der Waals surface area (Å²) in [5, 5.41) is 3.81. The number of ether oxygens (including phenoxy) is 1. The first-order valence-corrected chi connectivity index (χ1v) is 9.11. The van der Waals surface area contributed by atoms with Gasteiger partial charge in [0, 0.05) is 43.4 Å². The SMILES string of the molecule is O=C(/C=C/c1ccc(Cl)cc1)NC1CCN(C[C@@H]2CCOC2)CC1. The number of benzene rings is 1. The van der Waals surface area contributed by atoms with Crippen molar-refractivity contribution in [3.05, 3.63) is 40.9 Å². The molecular formula is C19H25ClN2O2. The highest BCUT2D eigenvalue weighted by atomic mass is 35.5. The predicted octanol–water partition coefficient (Wildman–Crippen LogP) is 2.97. The summed E-state index contributed by atoms with van der Waals surface area (Å²) in [6, 6.07) is 7.73. The smallest absolute Gasteiger partial charge is 0.244 e. The van der Waals surface area contributed by atoms with E-state index in [2.05, 4.69) is 10.2 Å². The molecule has 130 valence electrons. The van der Waals surface area contributed by atoms with Crippen molar-refractivity contribution < 1.29 is 9.53 Å². The molecule has 0 saturated carbocycles. The third-order valence-corrected chi connectivity index (χ3v) is 5.02. The maximum atomic E-state index is 12.1. The van der Waals surface area contributed by atoms with Gasteiger partial charge < -0.3 is 15.0 Å². The minimum atomic E-state index is -0.0207. The lowest BCUT2D eigenvalue weighted by Gasteiger charge is -2.33. The number of carbonyl (C=O) groups is 1. The van der Waals surface area contributed by atoms with E-state index in [9.17, 15) is 4.79 Å². The Labute approximate surface area is 148 Å². The Bertz CT molecular complexity index is 559. The number of nitrogens with zero attached hydrogens (tertiary/aromatic N) is 1. The monoisotopic (exact) mass is 348 g/mol. The second-order valence-electron chi connectivity index (χ2n) is 6.70. The normalized spacial score (nSPS) is 23.0. The quantitative estimate of drug-likeness (QED) is 0.832. The topological polar surface area (TPSA) is 41.6 Å². The van der Waals surface area contributed by atoms with Crippen LogP contribution >= 0.6 is 11.6 Å². The molecule has 0 unspecified atom stereocenters. The van der Waals surface area contributed by atoms with Crippen molar-refractivity contribution in [1.82, 2.24) is 10.2 Å². The molecule has 1 amide bonds. The molecule has 3 rings (SSSR count). The number of nitrogens with one attached hydrogen (secondary N) is 1. The Kier molecular flexibility index (Phi) is 6.30. The molecule has 0 radical (unpaired) electrons. The van der Waals surface area contributed by atoms with E-state index in [1.165, 1.54) is 6.42 Å². The van der Waals surface area contributed by atoms with Gasteiger partial charge in [0.2, 0.25) is 5.91 Å². The van der Waals surface area contributed by atoms with E-state index in [0.29, 0.717) is 10.9 Å². The van der Waals surface area contributed by atoms with Crippen LogP contribution in [0.5, 0.6) is 0 Å². The van der Waals surface area contributed by atoms with Gasteiger partial charge in [-0.05, 0) is 49.0 Å². The number of carbonyl (C=O) groups excluding carboxylic acids is 1. The lowest BCUT2D eigenvalue weighted by Crippen LogP contribution is -2.45. The largest absolute Gasteiger partial charge is 0.381 e. The Hall–Kier alpha value is -1.36. The molecule has 1 aromatic carbocycles. The van der Waals surface area contributed by atoms with Gasteiger partial charge in [-0.25, -0.2) is 0 Å². The van der Waals surface area contributed by atoms with E-state index in [0.717, 1.165) is 51.3 Å². The molecule has 2 aliphatic heterocycles. The first-order valence-electron chi connectivity index (χ1n) is 8.73. The molecule has 0 bridgehead atoms. The van der Waals surface area contributed by atoms with Crippen LogP contribution in [0.2, 0.25) is 5.02 Å². The standard InChI is InChI=1S/C19H25ClN2O2/c20-17-4-1-15(2-5-17)3-6-19(23)21-18-7-10-22(11-8-18)13-16-9-12-24-14-16/h1-6,16,18H,7-14H2,(H,21,23)/b6-3+/t16-/m0/s1. The van der Waals surface area contributed by atoms with Gasteiger partial charge in [0.25, 0.3) is 0 Å². The van der Waals surface area contributed by atoms with Crippen molar-refractivity contribution >= 4 is 23.6 Å². The molecule has 2 saturated heterocycles. The number of piperidine rings is 1. The van der Waals surface area contributed by atoms with Gasteiger partial charge in [0.05, 0.1) is 6.61 Å². The van der Waals surface area contributed by atoms with Crippen LogP contribution in [0.15, 0.2) is 30.3 Å². The molecule has 1 atom stereocenters. The van der Waals surface area contributed by atoms with E-state index in [1.54, 1.807) is 6.08 Å². The number of halogens is 1. The van der Waals surface area contributed by atoms with Gasteiger partial charge in [-0.1, -0.05) is 23.7 Å². The average molecular weight is 349 g/mol. The first-order chi connectivity index (χ1) is 11.7. The molecule has 24 heavy (non-hydrogen) atoms. The zero-order chi connectivity index (χ0) is 16.8. The molecule has 2 heterocycles. The highest BCUT2D eigenvalue weighted by Gasteiger charge is 2.24. The summed E-state index contributed by atoms with van der Waals surface area (Å²) >= 11 is 5.85. The summed E-state index contributed by atoms with van der Waals surface area (Å²) in [6.07, 6.45) is 6.65. The van der Waals surface area contributed by atoms with Crippen LogP contribution in [0, 0.1) is 5.92 Å². The maximum absolute atomic E-state index is 12.1. The molecule has 1 N–H and O–H groups in total. The molecule has 5 heteroatoms. The molecule has 1 aromatic rings. The van der Waals surface area contributed by atoms with Crippen LogP contribution in [0.4, 0.5) is 0 Å². The zero-order valence-electron chi connectivity index (χ0n) is 13.9. The Morgan fingerprint density at radius 2 is 2.00 bits per heavy atom. The van der Waals surface area contributed by atoms with E-state index in [-0.39, 0.29) is 11.9 Å². The number of rotatable bonds is 5. The number of hydrogen-bond donors (Lipinski definition) is 1. The molecule has 0 spiro atoms. The average Bonchev–Trinajstić information content (AvgIpc) is 3.09. The minimum absolute atomic E-state index is 0.0207. The molecule has 0 aromatic heterocycles. The highest BCUT2D eigenvalue weighted by Crippen LogP contribution is 2.17. The molecular weight excluding hydrogens is 324 g/mol. The van der Waals surface area contributed by atoms with E-state index in [4.69, 9.17) is 16.3 Å². The van der Waals surface area contributed by atoms with Crippen LogP contribution < -0.4 is 5.32 Å². The molecule has 2 fully saturated rings. The maximum Gasteiger partial charge on any atom is 0.244 e. The zero-order valence-corrected chi connectivity index (χ0v) is 14.7. The third-order valence-electron chi connectivity index (χ3n) is 4.77. The minimum Gasteiger partial charge on any atom is -0.381 e. The van der Waals surface area contributed by atoms with Crippen LogP contribution in [0.3, 0.4) is 0 Å². The second kappa shape index (κ2) is 8.65. The lowest BCUT2D eigenvalue weighted by molar-refractivity contribution is -0.117. The molecule has 0 aliphatic carbocycles. The Balaban J connectivity index is 1.38. The van der Waals surface area contributed by atoms with Crippen LogP contribution in [0.1, 0.15) is 24.8 Å². The summed E-state index contributed by atoms with van der Waals surface area (Å²) in [5.41, 5.74) is 0.975. The summed E-state index contributed by atoms with van der Waals surface area (Å²) in [7, 11) is 0. The van der Waals surface area contributed by atoms with Gasteiger partial charge in [-0.15, -0.1) is 0 Å². The van der Waals surface area contributed by atoms with Crippen molar-refractivity contribution in [3.8, 4) is 0 Å². The molecule has 4 nitrogen and oxygen atoms in total. The van der Waals surface area contributed by atoms with Gasteiger partial charge in [-0.2, -0.15) is 0 Å². The highest BCUT2D eigenvalue weighted by molar-refractivity contribution is 6.30. The first kappa shape index (κ1) is 17.5. The van der Waals surface area contributed by atoms with Crippen molar-refractivity contribution in [2.75, 3.05) is 32.8 Å². The van der Waals surface area contributed by atoms with Gasteiger partial charge in [0.1, 0.15) is 0 Å². The lowest BCUT2D eigenvalue weighted by atomic mass is 10.0. The van der Waals surface area contributed by atoms with Gasteiger partial charge in [-0.3, -0.25) is 4.79 Å². The van der Waals surface area contributed by atoms with Crippen molar-refractivity contribution in [2.24, 2.45) is 5.92 Å². The fourth-order valence-corrected chi connectivity index (χ4v) is 3.47. The van der Waals surface area contributed by atoms with Crippen molar-refractivity contribution in [3.63, 3.8) is 0 Å². The van der Waals surface area contributed by atoms with E-state index >= 15 is 0 Å².